The Morgan fingerprint density at radius 2 is 2.12 bits per heavy atom. The van der Waals surface area contributed by atoms with Crippen LogP contribution in [0.3, 0.4) is 0 Å². The lowest BCUT2D eigenvalue weighted by Crippen LogP contribution is -2.52. The van der Waals surface area contributed by atoms with E-state index in [0.717, 1.165) is 25.3 Å². The molecule has 1 saturated heterocycles. The van der Waals surface area contributed by atoms with E-state index in [0.29, 0.717) is 6.04 Å². The van der Waals surface area contributed by atoms with E-state index >= 15 is 0 Å². The van der Waals surface area contributed by atoms with Crippen LogP contribution in [-0.2, 0) is 4.79 Å². The lowest BCUT2D eigenvalue weighted by atomic mass is 9.91. The molecular formula is C13H24N2O. The van der Waals surface area contributed by atoms with Crippen LogP contribution in [-0.4, -0.2) is 29.4 Å². The maximum atomic E-state index is 12.2. The van der Waals surface area contributed by atoms with E-state index in [1.807, 2.05) is 0 Å². The van der Waals surface area contributed by atoms with Crippen LogP contribution in [0.2, 0.25) is 0 Å². The topological polar surface area (TPSA) is 46.3 Å². The van der Waals surface area contributed by atoms with Crippen molar-refractivity contribution in [2.45, 2.75) is 64.0 Å². The van der Waals surface area contributed by atoms with Gasteiger partial charge in [-0.15, -0.1) is 0 Å². The summed E-state index contributed by atoms with van der Waals surface area (Å²) in [4.78, 5) is 14.3. The molecule has 2 unspecified atom stereocenters. The van der Waals surface area contributed by atoms with Crippen molar-refractivity contribution in [1.82, 2.24) is 4.90 Å². The zero-order chi connectivity index (χ0) is 11.5. The van der Waals surface area contributed by atoms with Crippen molar-refractivity contribution in [3.8, 4) is 0 Å². The molecule has 0 spiro atoms. The van der Waals surface area contributed by atoms with Gasteiger partial charge in [0.05, 0.1) is 6.04 Å². The molecule has 0 aromatic rings. The number of likely N-dealkylation sites (tertiary alicyclic amines) is 1. The first kappa shape index (κ1) is 11.9. The van der Waals surface area contributed by atoms with Gasteiger partial charge in [0.25, 0.3) is 0 Å². The summed E-state index contributed by atoms with van der Waals surface area (Å²) in [6.45, 7) is 3.03. The number of carbonyl (C=O) groups excluding carboxylic acids is 1. The Balaban J connectivity index is 1.99. The van der Waals surface area contributed by atoms with Crippen molar-refractivity contribution in [2.24, 2.45) is 11.7 Å². The van der Waals surface area contributed by atoms with Gasteiger partial charge < -0.3 is 10.6 Å². The standard InChI is InChI=1S/C13H24N2O/c1-2-5-11(14)13(16)15-9-4-7-10-6-3-8-12(10)15/h10-12H,2-9,14H2,1H3/t10?,11-,12?/m0/s1. The van der Waals surface area contributed by atoms with Gasteiger partial charge >= 0.3 is 0 Å². The molecule has 0 aromatic heterocycles. The molecule has 92 valence electrons. The molecule has 0 bridgehead atoms. The van der Waals surface area contributed by atoms with E-state index in [4.69, 9.17) is 5.73 Å². The summed E-state index contributed by atoms with van der Waals surface area (Å²) in [5, 5.41) is 0. The first-order valence-corrected chi connectivity index (χ1v) is 6.80. The number of rotatable bonds is 3. The van der Waals surface area contributed by atoms with Gasteiger partial charge in [0.1, 0.15) is 0 Å². The first-order chi connectivity index (χ1) is 7.74. The average molecular weight is 224 g/mol. The van der Waals surface area contributed by atoms with Crippen LogP contribution in [0.4, 0.5) is 0 Å². The van der Waals surface area contributed by atoms with Crippen LogP contribution in [0.5, 0.6) is 0 Å². The fourth-order valence-corrected chi connectivity index (χ4v) is 3.38. The van der Waals surface area contributed by atoms with Gasteiger partial charge in [-0.3, -0.25) is 4.79 Å². The maximum absolute atomic E-state index is 12.2. The molecular weight excluding hydrogens is 200 g/mol. The molecule has 1 amide bonds. The van der Waals surface area contributed by atoms with Gasteiger partial charge in [0.2, 0.25) is 5.91 Å². The highest BCUT2D eigenvalue weighted by molar-refractivity contribution is 5.82. The maximum Gasteiger partial charge on any atom is 0.239 e. The summed E-state index contributed by atoms with van der Waals surface area (Å²) in [6.07, 6.45) is 8.12. The molecule has 1 saturated carbocycles. The summed E-state index contributed by atoms with van der Waals surface area (Å²) >= 11 is 0. The van der Waals surface area contributed by atoms with Gasteiger partial charge in [0.15, 0.2) is 0 Å². The van der Waals surface area contributed by atoms with Gasteiger partial charge in [-0.05, 0) is 38.0 Å². The number of amides is 1. The SMILES string of the molecule is CCC[C@H](N)C(=O)N1CCCC2CCCC21. The Kier molecular flexibility index (Phi) is 3.85. The number of nitrogens with zero attached hydrogens (tertiary/aromatic N) is 1. The fraction of sp³-hybridized carbons (Fsp3) is 0.923. The summed E-state index contributed by atoms with van der Waals surface area (Å²) in [5.41, 5.74) is 5.95. The molecule has 3 atom stereocenters. The molecule has 2 N–H and O–H groups in total. The normalized spacial score (nSPS) is 31.2. The fourth-order valence-electron chi connectivity index (χ4n) is 3.38. The van der Waals surface area contributed by atoms with E-state index in [-0.39, 0.29) is 11.9 Å². The Morgan fingerprint density at radius 1 is 1.38 bits per heavy atom. The first-order valence-electron chi connectivity index (χ1n) is 6.80. The van der Waals surface area contributed by atoms with Crippen LogP contribution in [0.15, 0.2) is 0 Å². The van der Waals surface area contributed by atoms with Gasteiger partial charge in [-0.25, -0.2) is 0 Å². The minimum atomic E-state index is -0.260. The molecule has 1 aliphatic carbocycles. The molecule has 0 radical (unpaired) electrons. The number of nitrogens with two attached hydrogens (primary N) is 1. The minimum absolute atomic E-state index is 0.207. The third-order valence-corrected chi connectivity index (χ3v) is 4.19. The highest BCUT2D eigenvalue weighted by Crippen LogP contribution is 2.36. The van der Waals surface area contributed by atoms with Crippen LogP contribution < -0.4 is 5.73 Å². The highest BCUT2D eigenvalue weighted by Gasteiger charge is 2.38. The number of hydrogen-bond acceptors (Lipinski definition) is 2. The van der Waals surface area contributed by atoms with Crippen LogP contribution in [0.1, 0.15) is 51.9 Å². The van der Waals surface area contributed by atoms with Gasteiger partial charge in [0, 0.05) is 12.6 Å². The zero-order valence-electron chi connectivity index (χ0n) is 10.3. The van der Waals surface area contributed by atoms with Crippen molar-refractivity contribution < 1.29 is 4.79 Å². The molecule has 2 fully saturated rings. The summed E-state index contributed by atoms with van der Waals surface area (Å²) in [7, 11) is 0. The smallest absolute Gasteiger partial charge is 0.239 e. The largest absolute Gasteiger partial charge is 0.338 e. The van der Waals surface area contributed by atoms with E-state index in [2.05, 4.69) is 11.8 Å². The average Bonchev–Trinajstić information content (AvgIpc) is 2.76. The van der Waals surface area contributed by atoms with Crippen LogP contribution in [0.25, 0.3) is 0 Å². The Bertz CT molecular complexity index is 254. The van der Waals surface area contributed by atoms with Crippen molar-refractivity contribution in [3.63, 3.8) is 0 Å². The second-order valence-corrected chi connectivity index (χ2v) is 5.33. The van der Waals surface area contributed by atoms with Crippen molar-refractivity contribution in [2.75, 3.05) is 6.54 Å². The molecule has 1 aliphatic heterocycles. The van der Waals surface area contributed by atoms with Crippen LogP contribution >= 0.6 is 0 Å². The third-order valence-electron chi connectivity index (χ3n) is 4.19. The zero-order valence-corrected chi connectivity index (χ0v) is 10.3. The molecule has 2 rings (SSSR count). The van der Waals surface area contributed by atoms with E-state index in [1.165, 1.54) is 32.1 Å². The van der Waals surface area contributed by atoms with E-state index < -0.39 is 0 Å². The van der Waals surface area contributed by atoms with Gasteiger partial charge in [-0.1, -0.05) is 19.8 Å². The number of piperidine rings is 1. The van der Waals surface area contributed by atoms with E-state index in [9.17, 15) is 4.79 Å². The molecule has 1 heterocycles. The predicted molar refractivity (Wildman–Crippen MR) is 65.0 cm³/mol. The quantitative estimate of drug-likeness (QED) is 0.796. The van der Waals surface area contributed by atoms with Crippen LogP contribution in [0, 0.1) is 5.92 Å². The lowest BCUT2D eigenvalue weighted by Gasteiger charge is -2.39. The monoisotopic (exact) mass is 224 g/mol. The van der Waals surface area contributed by atoms with Crippen molar-refractivity contribution in [3.05, 3.63) is 0 Å². The van der Waals surface area contributed by atoms with Gasteiger partial charge in [-0.2, -0.15) is 0 Å². The molecule has 2 aliphatic rings. The molecule has 0 aromatic carbocycles. The summed E-state index contributed by atoms with van der Waals surface area (Å²) < 4.78 is 0. The second-order valence-electron chi connectivity index (χ2n) is 5.33. The third kappa shape index (κ3) is 2.24. The number of hydrogen-bond donors (Lipinski definition) is 1. The molecule has 16 heavy (non-hydrogen) atoms. The second kappa shape index (κ2) is 5.17. The minimum Gasteiger partial charge on any atom is -0.338 e. The summed E-state index contributed by atoms with van der Waals surface area (Å²) in [6, 6.07) is 0.258. The number of carbonyl (C=O) groups is 1. The Labute approximate surface area is 98.4 Å². The lowest BCUT2D eigenvalue weighted by molar-refractivity contribution is -0.137. The van der Waals surface area contributed by atoms with Crippen molar-refractivity contribution in [1.29, 1.82) is 0 Å². The van der Waals surface area contributed by atoms with E-state index in [1.54, 1.807) is 0 Å². The molecule has 3 heteroatoms. The Morgan fingerprint density at radius 3 is 2.88 bits per heavy atom. The summed E-state index contributed by atoms with van der Waals surface area (Å²) in [5.74, 6) is 0.977. The Hall–Kier alpha value is -0.570. The number of fused-ring (bicyclic) bond motifs is 1. The predicted octanol–water partition coefficient (Wildman–Crippen LogP) is 1.90. The van der Waals surface area contributed by atoms with Crippen molar-refractivity contribution >= 4 is 5.91 Å². The molecule has 3 nitrogen and oxygen atoms in total. The highest BCUT2D eigenvalue weighted by atomic mass is 16.2.